The van der Waals surface area contributed by atoms with E-state index >= 15 is 0 Å². The van der Waals surface area contributed by atoms with Gasteiger partial charge < -0.3 is 19.2 Å². The van der Waals surface area contributed by atoms with Gasteiger partial charge in [-0.3, -0.25) is 4.79 Å². The Morgan fingerprint density at radius 3 is 2.67 bits per heavy atom. The van der Waals surface area contributed by atoms with Crippen LogP contribution in [0.25, 0.3) is 33.9 Å². The van der Waals surface area contributed by atoms with Gasteiger partial charge in [-0.25, -0.2) is 9.97 Å². The van der Waals surface area contributed by atoms with Crippen LogP contribution in [0.4, 0.5) is 0 Å². The van der Waals surface area contributed by atoms with Crippen LogP contribution in [0, 0.1) is 0 Å². The minimum absolute atomic E-state index is 0.0588. The van der Waals surface area contributed by atoms with Crippen LogP contribution in [0.3, 0.4) is 0 Å². The van der Waals surface area contributed by atoms with Gasteiger partial charge in [0.25, 0.3) is 5.91 Å². The molecule has 154 valence electrons. The number of benzene rings is 2. The maximum Gasteiger partial charge on any atom is 0.253 e. The molecule has 0 aliphatic heterocycles. The summed E-state index contributed by atoms with van der Waals surface area (Å²) in [5.41, 5.74) is 4.00. The number of H-pyrrole nitrogens is 1. The zero-order chi connectivity index (χ0) is 21.3. The molecular weight excluding hydrogens is 402 g/mol. The summed E-state index contributed by atoms with van der Waals surface area (Å²) in [5.74, 6) is 1.41. The van der Waals surface area contributed by atoms with Crippen molar-refractivity contribution in [2.24, 2.45) is 0 Å². The van der Waals surface area contributed by atoms with Crippen molar-refractivity contribution in [1.82, 2.24) is 24.4 Å². The van der Waals surface area contributed by atoms with Crippen LogP contribution in [0.15, 0.2) is 48.7 Å². The normalized spacial score (nSPS) is 11.2. The summed E-state index contributed by atoms with van der Waals surface area (Å²) in [6, 6.07) is 13.1. The minimum atomic E-state index is -0.0588. The lowest BCUT2D eigenvalue weighted by atomic mass is 10.2. The predicted molar refractivity (Wildman–Crippen MR) is 118 cm³/mol. The predicted octanol–water partition coefficient (Wildman–Crippen LogP) is 4.10. The van der Waals surface area contributed by atoms with E-state index in [1.54, 1.807) is 32.3 Å². The molecule has 0 saturated heterocycles. The number of rotatable bonds is 6. The monoisotopic (exact) mass is 423 g/mol. The quantitative estimate of drug-likeness (QED) is 0.506. The van der Waals surface area contributed by atoms with Gasteiger partial charge in [0.05, 0.1) is 23.8 Å². The summed E-state index contributed by atoms with van der Waals surface area (Å²) in [4.78, 5) is 26.6. The fourth-order valence-corrected chi connectivity index (χ4v) is 3.45. The third-order valence-corrected chi connectivity index (χ3v) is 5.11. The number of imidazole rings is 2. The second kappa shape index (κ2) is 8.30. The maximum atomic E-state index is 12.4. The Balaban J connectivity index is 1.79. The number of ether oxygens (including phenoxy) is 1. The number of nitrogens with one attached hydrogen (secondary N) is 1. The molecule has 2 heterocycles. The standard InChI is InChI=1S/C22H22ClN5O2/c1-27(2)22(29)15-6-9-19-17(12-15)26-21(28(19)10-11-30-3)18-13-24-20(25-18)14-4-7-16(23)8-5-14/h4-9,12-13H,10-11H2,1-3H3,(H,24,25). The smallest absolute Gasteiger partial charge is 0.253 e. The fraction of sp³-hybridized carbons (Fsp3) is 0.227. The molecule has 0 aliphatic carbocycles. The lowest BCUT2D eigenvalue weighted by molar-refractivity contribution is 0.0827. The maximum absolute atomic E-state index is 12.4. The van der Waals surface area contributed by atoms with Gasteiger partial charge in [0.15, 0.2) is 5.82 Å². The van der Waals surface area contributed by atoms with Crippen LogP contribution in [0.5, 0.6) is 0 Å². The Bertz CT molecular complexity index is 1190. The van der Waals surface area contributed by atoms with Gasteiger partial charge in [-0.05, 0) is 42.5 Å². The SMILES string of the molecule is COCCn1c(-c2cnc(-c3ccc(Cl)cc3)[nH]2)nc2cc(C(=O)N(C)C)ccc21. The molecule has 0 saturated carbocycles. The Morgan fingerprint density at radius 2 is 1.97 bits per heavy atom. The van der Waals surface area contributed by atoms with Crippen LogP contribution in [0.1, 0.15) is 10.4 Å². The first-order chi connectivity index (χ1) is 14.5. The minimum Gasteiger partial charge on any atom is -0.383 e. The van der Waals surface area contributed by atoms with Crippen LogP contribution in [-0.2, 0) is 11.3 Å². The number of aromatic amines is 1. The molecule has 4 aromatic rings. The number of nitrogens with zero attached hydrogens (tertiary/aromatic N) is 4. The second-order valence-corrected chi connectivity index (χ2v) is 7.57. The number of methoxy groups -OCH3 is 1. The third kappa shape index (κ3) is 3.81. The molecule has 0 radical (unpaired) electrons. The largest absolute Gasteiger partial charge is 0.383 e. The number of hydrogen-bond acceptors (Lipinski definition) is 4. The van der Waals surface area contributed by atoms with Crippen LogP contribution < -0.4 is 0 Å². The number of carbonyl (C=O) groups excluding carboxylic acids is 1. The van der Waals surface area contributed by atoms with Crippen molar-refractivity contribution in [3.8, 4) is 22.9 Å². The summed E-state index contributed by atoms with van der Waals surface area (Å²) in [7, 11) is 5.14. The van der Waals surface area contributed by atoms with Gasteiger partial charge in [-0.1, -0.05) is 11.6 Å². The Morgan fingerprint density at radius 1 is 1.20 bits per heavy atom. The molecule has 4 rings (SSSR count). The third-order valence-electron chi connectivity index (χ3n) is 4.85. The Hall–Kier alpha value is -3.16. The summed E-state index contributed by atoms with van der Waals surface area (Å²) < 4.78 is 7.36. The molecular formula is C22H22ClN5O2. The van der Waals surface area contributed by atoms with Crippen LogP contribution >= 0.6 is 11.6 Å². The summed E-state index contributed by atoms with van der Waals surface area (Å²) in [6.45, 7) is 1.16. The molecule has 2 aromatic carbocycles. The molecule has 0 unspecified atom stereocenters. The van der Waals surface area contributed by atoms with Gasteiger partial charge in [0, 0.05) is 43.9 Å². The van der Waals surface area contributed by atoms with E-state index in [2.05, 4.69) is 14.5 Å². The first-order valence-electron chi connectivity index (χ1n) is 9.50. The van der Waals surface area contributed by atoms with Crippen molar-refractivity contribution in [2.45, 2.75) is 6.54 Å². The number of aromatic nitrogens is 4. The number of hydrogen-bond donors (Lipinski definition) is 1. The van der Waals surface area contributed by atoms with Gasteiger partial charge >= 0.3 is 0 Å². The molecule has 0 bridgehead atoms. The first kappa shape index (κ1) is 20.1. The zero-order valence-electron chi connectivity index (χ0n) is 17.0. The van der Waals surface area contributed by atoms with E-state index in [1.807, 2.05) is 42.5 Å². The van der Waals surface area contributed by atoms with Gasteiger partial charge in [-0.15, -0.1) is 0 Å². The molecule has 0 atom stereocenters. The first-order valence-corrected chi connectivity index (χ1v) is 9.88. The average molecular weight is 424 g/mol. The second-order valence-electron chi connectivity index (χ2n) is 7.14. The van der Waals surface area contributed by atoms with Crippen LogP contribution in [-0.4, -0.2) is 58.1 Å². The zero-order valence-corrected chi connectivity index (χ0v) is 17.8. The van der Waals surface area contributed by atoms with Gasteiger partial charge in [0.2, 0.25) is 0 Å². The van der Waals surface area contributed by atoms with Crippen molar-refractivity contribution in [3.63, 3.8) is 0 Å². The average Bonchev–Trinajstić information content (AvgIpc) is 3.36. The van der Waals surface area contributed by atoms with E-state index in [4.69, 9.17) is 21.3 Å². The fourth-order valence-electron chi connectivity index (χ4n) is 3.32. The van der Waals surface area contributed by atoms with Crippen molar-refractivity contribution >= 4 is 28.5 Å². The van der Waals surface area contributed by atoms with E-state index in [0.717, 1.165) is 33.9 Å². The highest BCUT2D eigenvalue weighted by Gasteiger charge is 2.17. The lowest BCUT2D eigenvalue weighted by Crippen LogP contribution is -2.21. The number of halogens is 1. The van der Waals surface area contributed by atoms with Crippen molar-refractivity contribution in [3.05, 3.63) is 59.2 Å². The number of fused-ring (bicyclic) bond motifs is 1. The Kier molecular flexibility index (Phi) is 5.57. The van der Waals surface area contributed by atoms with E-state index in [0.29, 0.717) is 23.7 Å². The molecule has 8 heteroatoms. The van der Waals surface area contributed by atoms with E-state index in [1.165, 1.54) is 0 Å². The number of carbonyl (C=O) groups is 1. The molecule has 0 spiro atoms. The van der Waals surface area contributed by atoms with Gasteiger partial charge in [0.1, 0.15) is 11.5 Å². The van der Waals surface area contributed by atoms with Gasteiger partial charge in [-0.2, -0.15) is 0 Å². The topological polar surface area (TPSA) is 76.0 Å². The van der Waals surface area contributed by atoms with E-state index in [-0.39, 0.29) is 5.91 Å². The molecule has 30 heavy (non-hydrogen) atoms. The highest BCUT2D eigenvalue weighted by Crippen LogP contribution is 2.27. The number of amides is 1. The summed E-state index contributed by atoms with van der Waals surface area (Å²) in [6.07, 6.45) is 1.76. The van der Waals surface area contributed by atoms with Crippen molar-refractivity contribution in [1.29, 1.82) is 0 Å². The molecule has 0 aliphatic rings. The highest BCUT2D eigenvalue weighted by molar-refractivity contribution is 6.30. The summed E-state index contributed by atoms with van der Waals surface area (Å²) >= 11 is 5.99. The lowest BCUT2D eigenvalue weighted by Gasteiger charge is -2.10. The van der Waals surface area contributed by atoms with Crippen molar-refractivity contribution < 1.29 is 9.53 Å². The molecule has 1 amide bonds. The van der Waals surface area contributed by atoms with Crippen molar-refractivity contribution in [2.75, 3.05) is 27.8 Å². The molecule has 2 aromatic heterocycles. The summed E-state index contributed by atoms with van der Waals surface area (Å²) in [5, 5.41) is 0.676. The van der Waals surface area contributed by atoms with E-state index < -0.39 is 0 Å². The van der Waals surface area contributed by atoms with E-state index in [9.17, 15) is 4.79 Å². The van der Waals surface area contributed by atoms with Crippen LogP contribution in [0.2, 0.25) is 5.02 Å². The molecule has 7 nitrogen and oxygen atoms in total. The molecule has 1 N–H and O–H groups in total. The Labute approximate surface area is 179 Å². The highest BCUT2D eigenvalue weighted by atomic mass is 35.5. The molecule has 0 fully saturated rings.